The summed E-state index contributed by atoms with van der Waals surface area (Å²) < 4.78 is 0. The van der Waals surface area contributed by atoms with E-state index in [0.29, 0.717) is 6.42 Å². The van der Waals surface area contributed by atoms with E-state index in [1.165, 1.54) is 0 Å². The third kappa shape index (κ3) is 4.94. The van der Waals surface area contributed by atoms with Gasteiger partial charge in [0.25, 0.3) is 0 Å². The second-order valence-corrected chi connectivity index (χ2v) is 3.49. The Bertz CT molecular complexity index is 214. The van der Waals surface area contributed by atoms with Crippen LogP contribution in [-0.2, 0) is 9.59 Å². The molecule has 14 heavy (non-hydrogen) atoms. The van der Waals surface area contributed by atoms with Crippen LogP contribution >= 0.6 is 0 Å². The van der Waals surface area contributed by atoms with Crippen molar-refractivity contribution in [3.63, 3.8) is 0 Å². The van der Waals surface area contributed by atoms with Gasteiger partial charge in [0, 0.05) is 6.42 Å². The first kappa shape index (κ1) is 13.1. The van der Waals surface area contributed by atoms with E-state index in [1.807, 2.05) is 6.92 Å². The van der Waals surface area contributed by atoms with E-state index in [2.05, 4.69) is 0 Å². The van der Waals surface area contributed by atoms with E-state index >= 15 is 0 Å². The molecule has 5 heteroatoms. The maximum Gasteiger partial charge on any atom is 0.307 e. The standard InChI is InChI=1S/C9H18N2O3/c1-2-3-4-5-7(12)9(10,11)6-8(13)14/h2-6,10-11H2,1H3,(H,13,14). The molecule has 5 N–H and O–H groups in total. The lowest BCUT2D eigenvalue weighted by atomic mass is 9.98. The summed E-state index contributed by atoms with van der Waals surface area (Å²) in [5, 5.41) is 8.46. The fraction of sp³-hybridized carbons (Fsp3) is 0.778. The van der Waals surface area contributed by atoms with Crippen LogP contribution in [0.25, 0.3) is 0 Å². The molecule has 0 bridgehead atoms. The van der Waals surface area contributed by atoms with Gasteiger partial charge in [-0.3, -0.25) is 9.59 Å². The first-order chi connectivity index (χ1) is 6.40. The summed E-state index contributed by atoms with van der Waals surface area (Å²) in [4.78, 5) is 21.7. The Hall–Kier alpha value is -0.940. The van der Waals surface area contributed by atoms with Crippen LogP contribution in [0.4, 0.5) is 0 Å². The highest BCUT2D eigenvalue weighted by molar-refractivity contribution is 5.91. The summed E-state index contributed by atoms with van der Waals surface area (Å²) in [5.74, 6) is -1.54. The monoisotopic (exact) mass is 202 g/mol. The van der Waals surface area contributed by atoms with E-state index in [9.17, 15) is 9.59 Å². The van der Waals surface area contributed by atoms with E-state index in [-0.39, 0.29) is 12.2 Å². The summed E-state index contributed by atoms with van der Waals surface area (Å²) in [6.45, 7) is 2.01. The fourth-order valence-electron chi connectivity index (χ4n) is 1.12. The predicted molar refractivity (Wildman–Crippen MR) is 52.5 cm³/mol. The summed E-state index contributed by atoms with van der Waals surface area (Å²) in [6, 6.07) is 0. The Morgan fingerprint density at radius 1 is 1.29 bits per heavy atom. The highest BCUT2D eigenvalue weighted by Crippen LogP contribution is 2.08. The SMILES string of the molecule is CCCCCC(=O)C(N)(N)CC(=O)O. The lowest BCUT2D eigenvalue weighted by molar-refractivity contribution is -0.141. The molecule has 0 aliphatic carbocycles. The molecule has 0 aromatic heterocycles. The van der Waals surface area contributed by atoms with Crippen LogP contribution in [0.3, 0.4) is 0 Å². The molecule has 0 spiro atoms. The minimum absolute atomic E-state index is 0.258. The molecular formula is C9H18N2O3. The maximum atomic E-state index is 11.4. The third-order valence-electron chi connectivity index (χ3n) is 1.97. The number of aliphatic carboxylic acids is 1. The van der Waals surface area contributed by atoms with Crippen LogP contribution in [0.1, 0.15) is 39.0 Å². The molecule has 0 fully saturated rings. The molecule has 5 nitrogen and oxygen atoms in total. The molecule has 0 heterocycles. The van der Waals surface area contributed by atoms with Crippen LogP contribution in [0, 0.1) is 0 Å². The molecular weight excluding hydrogens is 184 g/mol. The van der Waals surface area contributed by atoms with Gasteiger partial charge in [-0.25, -0.2) is 0 Å². The number of nitrogens with two attached hydrogens (primary N) is 2. The Morgan fingerprint density at radius 3 is 2.29 bits per heavy atom. The number of Topliss-reactive ketones (excluding diaryl/α,β-unsaturated/α-hetero) is 1. The lowest BCUT2D eigenvalue weighted by Gasteiger charge is -2.20. The van der Waals surface area contributed by atoms with Gasteiger partial charge < -0.3 is 16.6 Å². The van der Waals surface area contributed by atoms with Crippen LogP contribution < -0.4 is 11.5 Å². The van der Waals surface area contributed by atoms with Crippen molar-refractivity contribution < 1.29 is 14.7 Å². The van der Waals surface area contributed by atoms with Gasteiger partial charge in [-0.2, -0.15) is 0 Å². The summed E-state index contributed by atoms with van der Waals surface area (Å²) >= 11 is 0. The van der Waals surface area contributed by atoms with Crippen LogP contribution in [-0.4, -0.2) is 22.5 Å². The highest BCUT2D eigenvalue weighted by Gasteiger charge is 2.30. The van der Waals surface area contributed by atoms with Crippen molar-refractivity contribution in [1.82, 2.24) is 0 Å². The minimum Gasteiger partial charge on any atom is -0.481 e. The van der Waals surface area contributed by atoms with E-state index in [1.54, 1.807) is 0 Å². The summed E-state index contributed by atoms with van der Waals surface area (Å²) in [5.41, 5.74) is 9.07. The number of hydrogen-bond acceptors (Lipinski definition) is 4. The van der Waals surface area contributed by atoms with Gasteiger partial charge in [-0.15, -0.1) is 0 Å². The predicted octanol–water partition coefficient (Wildman–Crippen LogP) is 0.224. The first-order valence-electron chi connectivity index (χ1n) is 4.73. The van der Waals surface area contributed by atoms with Crippen molar-refractivity contribution in [2.24, 2.45) is 11.5 Å². The number of carbonyl (C=O) groups is 2. The number of ketones is 1. The van der Waals surface area contributed by atoms with Gasteiger partial charge in [0.05, 0.1) is 6.42 Å². The molecule has 0 aromatic carbocycles. The highest BCUT2D eigenvalue weighted by atomic mass is 16.4. The molecule has 0 saturated carbocycles. The number of hydrogen-bond donors (Lipinski definition) is 3. The van der Waals surface area contributed by atoms with Crippen LogP contribution in [0.15, 0.2) is 0 Å². The first-order valence-corrected chi connectivity index (χ1v) is 4.73. The second kappa shape index (κ2) is 5.72. The third-order valence-corrected chi connectivity index (χ3v) is 1.97. The largest absolute Gasteiger partial charge is 0.481 e. The van der Waals surface area contributed by atoms with Crippen molar-refractivity contribution in [2.45, 2.75) is 44.7 Å². The summed E-state index contributed by atoms with van der Waals surface area (Å²) in [7, 11) is 0. The number of carbonyl (C=O) groups excluding carboxylic acids is 1. The van der Waals surface area contributed by atoms with Gasteiger partial charge in [0.15, 0.2) is 5.78 Å². The molecule has 0 rings (SSSR count). The Balaban J connectivity index is 4.01. The number of carboxylic acids is 1. The molecule has 0 unspecified atom stereocenters. The van der Waals surface area contributed by atoms with E-state index in [0.717, 1.165) is 12.8 Å². The van der Waals surface area contributed by atoms with Gasteiger partial charge in [0.1, 0.15) is 5.66 Å². The van der Waals surface area contributed by atoms with E-state index in [4.69, 9.17) is 16.6 Å². The number of unbranched alkanes of at least 4 members (excludes halogenated alkanes) is 2. The van der Waals surface area contributed by atoms with Crippen LogP contribution in [0.2, 0.25) is 0 Å². The van der Waals surface area contributed by atoms with Gasteiger partial charge in [0.2, 0.25) is 0 Å². The maximum absolute atomic E-state index is 11.4. The Kier molecular flexibility index (Phi) is 5.34. The quantitative estimate of drug-likeness (QED) is 0.404. The number of carboxylic acid groups (broad SMARTS) is 1. The molecule has 0 radical (unpaired) electrons. The minimum atomic E-state index is -1.71. The van der Waals surface area contributed by atoms with Gasteiger partial charge in [-0.05, 0) is 6.42 Å². The lowest BCUT2D eigenvalue weighted by Crippen LogP contribution is -2.57. The zero-order chi connectivity index (χ0) is 11.2. The molecule has 0 atom stereocenters. The average Bonchev–Trinajstić information content (AvgIpc) is 2.02. The molecule has 0 aromatic rings. The Morgan fingerprint density at radius 2 is 1.86 bits per heavy atom. The number of rotatable bonds is 7. The van der Waals surface area contributed by atoms with Crippen LogP contribution in [0.5, 0.6) is 0 Å². The van der Waals surface area contributed by atoms with Crippen molar-refractivity contribution >= 4 is 11.8 Å². The van der Waals surface area contributed by atoms with Crippen molar-refractivity contribution in [2.75, 3.05) is 0 Å². The topological polar surface area (TPSA) is 106 Å². The van der Waals surface area contributed by atoms with Crippen molar-refractivity contribution in [3.05, 3.63) is 0 Å². The zero-order valence-corrected chi connectivity index (χ0v) is 8.45. The van der Waals surface area contributed by atoms with Gasteiger partial charge >= 0.3 is 5.97 Å². The molecule has 0 aliphatic rings. The molecule has 82 valence electrons. The molecule has 0 amide bonds. The fourth-order valence-corrected chi connectivity index (χ4v) is 1.12. The average molecular weight is 202 g/mol. The normalized spacial score (nSPS) is 11.4. The Labute approximate surface area is 83.5 Å². The van der Waals surface area contributed by atoms with Crippen molar-refractivity contribution in [3.8, 4) is 0 Å². The second-order valence-electron chi connectivity index (χ2n) is 3.49. The molecule has 0 aliphatic heterocycles. The smallest absolute Gasteiger partial charge is 0.307 e. The van der Waals surface area contributed by atoms with Gasteiger partial charge in [-0.1, -0.05) is 19.8 Å². The summed E-state index contributed by atoms with van der Waals surface area (Å²) in [6.07, 6.45) is 2.38. The van der Waals surface area contributed by atoms with E-state index < -0.39 is 18.1 Å². The molecule has 0 saturated heterocycles. The van der Waals surface area contributed by atoms with Crippen molar-refractivity contribution in [1.29, 1.82) is 0 Å². The zero-order valence-electron chi connectivity index (χ0n) is 8.45.